The van der Waals surface area contributed by atoms with Crippen molar-refractivity contribution in [1.82, 2.24) is 0 Å². The Morgan fingerprint density at radius 2 is 1.65 bits per heavy atom. The van der Waals surface area contributed by atoms with E-state index in [1.165, 1.54) is 5.57 Å². The fourth-order valence-corrected chi connectivity index (χ4v) is 4.22. The van der Waals surface area contributed by atoms with E-state index in [0.717, 1.165) is 6.42 Å². The van der Waals surface area contributed by atoms with Crippen molar-refractivity contribution < 1.29 is 0 Å². The third kappa shape index (κ3) is 4.36. The molecule has 94 valence electrons. The predicted molar refractivity (Wildman–Crippen MR) is 86.0 cm³/mol. The van der Waals surface area contributed by atoms with Crippen LogP contribution < -0.4 is 0 Å². The van der Waals surface area contributed by atoms with E-state index >= 15 is 0 Å². The second kappa shape index (κ2) is 5.30. The maximum atomic E-state index is 3.96. The molecule has 0 fully saturated rings. The summed E-state index contributed by atoms with van der Waals surface area (Å²) in [6.45, 7) is 13.8. The summed E-state index contributed by atoms with van der Waals surface area (Å²) in [7, 11) is 0. The highest BCUT2D eigenvalue weighted by atomic mass is 79.9. The zero-order valence-electron chi connectivity index (χ0n) is 11.8. The van der Waals surface area contributed by atoms with Gasteiger partial charge in [0.2, 0.25) is 0 Å². The zero-order chi connectivity index (χ0) is 13.5. The van der Waals surface area contributed by atoms with E-state index in [1.54, 1.807) is 5.57 Å². The van der Waals surface area contributed by atoms with Crippen LogP contribution in [0.5, 0.6) is 0 Å². The Labute approximate surface area is 130 Å². The second-order valence-corrected chi connectivity index (χ2v) is 12.9. The molecule has 1 atom stereocenters. The number of hydrogen-bond donors (Lipinski definition) is 0. The van der Waals surface area contributed by atoms with E-state index in [4.69, 9.17) is 0 Å². The van der Waals surface area contributed by atoms with Gasteiger partial charge >= 0.3 is 18.2 Å². The SMILES string of the molecule is CC(C)(C)C1=C[C](Br)([Mg][Br])CC(C(C)(C)C)=C1. The first-order chi connectivity index (χ1) is 7.48. The molecule has 0 aromatic rings. The van der Waals surface area contributed by atoms with E-state index in [1.807, 2.05) is 0 Å². The average molecular weight is 374 g/mol. The van der Waals surface area contributed by atoms with Gasteiger partial charge in [0.25, 0.3) is 0 Å². The minimum absolute atomic E-state index is 0.215. The Morgan fingerprint density at radius 1 is 1.12 bits per heavy atom. The first kappa shape index (κ1) is 16.3. The summed E-state index contributed by atoms with van der Waals surface area (Å²) in [4.78, 5) is 0. The molecule has 3 heteroatoms. The summed E-state index contributed by atoms with van der Waals surface area (Å²) in [5.74, 6) is 0. The minimum atomic E-state index is -0.296. The van der Waals surface area contributed by atoms with Gasteiger partial charge in [-0.15, -0.1) is 15.9 Å². The van der Waals surface area contributed by atoms with Crippen LogP contribution in [0.2, 0.25) is 0 Å². The molecule has 0 radical (unpaired) electrons. The van der Waals surface area contributed by atoms with E-state index < -0.39 is 0 Å². The van der Waals surface area contributed by atoms with Crippen LogP contribution in [0, 0.1) is 10.8 Å². The molecule has 17 heavy (non-hydrogen) atoms. The maximum Gasteiger partial charge on any atom is 0.496 e. The van der Waals surface area contributed by atoms with E-state index in [0.29, 0.717) is 0 Å². The molecule has 0 aromatic heterocycles. The van der Waals surface area contributed by atoms with E-state index in [2.05, 4.69) is 82.5 Å². The maximum absolute atomic E-state index is 3.96. The van der Waals surface area contributed by atoms with Crippen LogP contribution in [0.25, 0.3) is 0 Å². The summed E-state index contributed by atoms with van der Waals surface area (Å²) in [6.07, 6.45) is 6.02. The van der Waals surface area contributed by atoms with Crippen LogP contribution >= 0.6 is 28.8 Å². The van der Waals surface area contributed by atoms with Gasteiger partial charge in [0.1, 0.15) is 0 Å². The van der Waals surface area contributed by atoms with Gasteiger partial charge in [0.05, 0.1) is 0 Å². The summed E-state index contributed by atoms with van der Waals surface area (Å²) in [5.41, 5.74) is 3.53. The lowest BCUT2D eigenvalue weighted by Gasteiger charge is -2.38. The van der Waals surface area contributed by atoms with E-state index in [9.17, 15) is 0 Å². The lowest BCUT2D eigenvalue weighted by molar-refractivity contribution is 0.462. The molecule has 1 aliphatic rings. The largest absolute Gasteiger partial charge is 0.496 e. The first-order valence-corrected chi connectivity index (χ1v) is 11.6. The van der Waals surface area contributed by atoms with Crippen LogP contribution in [0.3, 0.4) is 0 Å². The molecule has 0 aliphatic heterocycles. The van der Waals surface area contributed by atoms with E-state index in [-0.39, 0.29) is 31.5 Å². The van der Waals surface area contributed by atoms with Crippen LogP contribution in [0.1, 0.15) is 48.0 Å². The molecule has 0 heterocycles. The van der Waals surface area contributed by atoms with Gasteiger partial charge in [-0.3, -0.25) is 0 Å². The summed E-state index contributed by atoms with van der Waals surface area (Å²) >= 11 is 7.44. The van der Waals surface area contributed by atoms with Crippen molar-refractivity contribution in [2.75, 3.05) is 0 Å². The van der Waals surface area contributed by atoms with Crippen molar-refractivity contribution in [3.63, 3.8) is 0 Å². The van der Waals surface area contributed by atoms with Crippen LogP contribution in [-0.4, -0.2) is 20.6 Å². The average Bonchev–Trinajstić information content (AvgIpc) is 2.14. The van der Waals surface area contributed by atoms with Gasteiger partial charge in [-0.1, -0.05) is 59.3 Å². The zero-order valence-corrected chi connectivity index (χ0v) is 16.4. The van der Waals surface area contributed by atoms with Gasteiger partial charge in [0, 0.05) is 0 Å². The number of hydrogen-bond acceptors (Lipinski definition) is 0. The molecule has 1 unspecified atom stereocenters. The van der Waals surface area contributed by atoms with Crippen LogP contribution in [0.15, 0.2) is 23.3 Å². The molecule has 0 saturated heterocycles. The molecule has 0 nitrogen and oxygen atoms in total. The minimum Gasteiger partial charge on any atom is -0.304 e. The highest BCUT2D eigenvalue weighted by molar-refractivity contribution is 9.24. The normalized spacial score (nSPS) is 26.1. The Hall–Kier alpha value is 1.21. The fraction of sp³-hybridized carbons (Fsp3) is 0.714. The fourth-order valence-electron chi connectivity index (χ4n) is 1.93. The lowest BCUT2D eigenvalue weighted by atomic mass is 9.75. The number of halogens is 2. The molecular formula is C14H22Br2Mg. The van der Waals surface area contributed by atoms with Crippen molar-refractivity contribution >= 4 is 47.0 Å². The summed E-state index contributed by atoms with van der Waals surface area (Å²) in [5, 5.41) is 0. The first-order valence-electron chi connectivity index (χ1n) is 6.17. The Kier molecular flexibility index (Phi) is 5.07. The molecular weight excluding hydrogens is 352 g/mol. The van der Waals surface area contributed by atoms with Crippen molar-refractivity contribution in [2.45, 2.75) is 50.4 Å². The Balaban J connectivity index is 3.23. The van der Waals surface area contributed by atoms with Gasteiger partial charge < -0.3 is 12.9 Å². The molecule has 0 aromatic carbocycles. The number of alkyl halides is 1. The van der Waals surface area contributed by atoms with Gasteiger partial charge in [0.15, 0.2) is 0 Å². The van der Waals surface area contributed by atoms with Crippen molar-refractivity contribution in [2.24, 2.45) is 10.8 Å². The number of allylic oxidation sites excluding steroid dienone is 4. The molecule has 0 bridgehead atoms. The summed E-state index contributed by atoms with van der Waals surface area (Å²) < 4.78 is 0.215. The standard InChI is InChI=1S/C14H22Br.BrH.Mg/c1-13(2,3)10-7-11(14(4,5)6)9-12(15)8-10;;/h7-8H,9H2,1-6H3;1H;/q;;+1/p-1. The van der Waals surface area contributed by atoms with Gasteiger partial charge in [-0.25, -0.2) is 0 Å². The molecule has 1 rings (SSSR count). The topological polar surface area (TPSA) is 0 Å². The second-order valence-electron chi connectivity index (χ2n) is 7.11. The molecule has 0 amide bonds. The molecule has 1 aliphatic carbocycles. The molecule has 0 N–H and O–H groups in total. The third-order valence-electron chi connectivity index (χ3n) is 3.28. The van der Waals surface area contributed by atoms with Gasteiger partial charge in [-0.05, 0) is 25.3 Å². The highest BCUT2D eigenvalue weighted by Crippen LogP contribution is 2.44. The van der Waals surface area contributed by atoms with Crippen LogP contribution in [0.4, 0.5) is 0 Å². The van der Waals surface area contributed by atoms with Crippen LogP contribution in [-0.2, 0) is 0 Å². The van der Waals surface area contributed by atoms with Gasteiger partial charge in [-0.2, -0.15) is 0 Å². The van der Waals surface area contributed by atoms with Crippen molar-refractivity contribution in [1.29, 1.82) is 0 Å². The lowest BCUT2D eigenvalue weighted by Crippen LogP contribution is -2.31. The Bertz CT molecular complexity index is 355. The van der Waals surface area contributed by atoms with Crippen molar-refractivity contribution in [3.05, 3.63) is 23.3 Å². The third-order valence-corrected chi connectivity index (χ3v) is 10.8. The van der Waals surface area contributed by atoms with Crippen molar-refractivity contribution in [3.8, 4) is 0 Å². The highest BCUT2D eigenvalue weighted by Gasteiger charge is 2.35. The Morgan fingerprint density at radius 3 is 2.00 bits per heavy atom. The number of rotatable bonds is 1. The summed E-state index contributed by atoms with van der Waals surface area (Å²) in [6, 6.07) is 0. The molecule has 0 saturated carbocycles. The molecule has 0 spiro atoms. The monoisotopic (exact) mass is 372 g/mol. The smallest absolute Gasteiger partial charge is 0.304 e. The quantitative estimate of drug-likeness (QED) is 0.423. The predicted octanol–water partition coefficient (Wildman–Crippen LogP) is 5.44.